The molecule has 0 saturated heterocycles. The summed E-state index contributed by atoms with van der Waals surface area (Å²) in [5.41, 5.74) is 7.38. The average Bonchev–Trinajstić information content (AvgIpc) is 2.92. The lowest BCUT2D eigenvalue weighted by atomic mass is 10.2. The van der Waals surface area contributed by atoms with Gasteiger partial charge in [-0.25, -0.2) is 0 Å². The number of rotatable bonds is 6. The van der Waals surface area contributed by atoms with E-state index in [2.05, 4.69) is 60.7 Å². The van der Waals surface area contributed by atoms with Crippen LogP contribution in [0, 0.1) is 0 Å². The molecule has 2 N–H and O–H groups in total. The smallest absolute Gasteiger partial charge is 0.260 e. The standard InChI is InChI=1S/C14H18Br2N4O/c1-3-20(4-2)6-5-12-18-14(21-19-12)10-7-9(15)8-11(16)13(10)17/h7-8H,3-6,17H2,1-2H3. The van der Waals surface area contributed by atoms with Crippen LogP contribution in [-0.2, 0) is 6.42 Å². The first-order valence-corrected chi connectivity index (χ1v) is 8.43. The van der Waals surface area contributed by atoms with Gasteiger partial charge in [0.2, 0.25) is 0 Å². The van der Waals surface area contributed by atoms with E-state index < -0.39 is 0 Å². The summed E-state index contributed by atoms with van der Waals surface area (Å²) in [5, 5.41) is 4.03. The van der Waals surface area contributed by atoms with E-state index in [0.29, 0.717) is 17.4 Å². The average molecular weight is 418 g/mol. The van der Waals surface area contributed by atoms with Crippen LogP contribution in [-0.4, -0.2) is 34.7 Å². The van der Waals surface area contributed by atoms with Crippen LogP contribution >= 0.6 is 31.9 Å². The number of anilines is 1. The van der Waals surface area contributed by atoms with Crippen LogP contribution < -0.4 is 5.73 Å². The molecule has 0 aliphatic carbocycles. The van der Waals surface area contributed by atoms with Crippen LogP contribution in [0.3, 0.4) is 0 Å². The molecule has 0 fully saturated rings. The van der Waals surface area contributed by atoms with Gasteiger partial charge in [-0.1, -0.05) is 34.9 Å². The molecule has 7 heteroatoms. The number of benzene rings is 1. The number of nitrogens with zero attached hydrogens (tertiary/aromatic N) is 3. The Morgan fingerprint density at radius 1 is 1.24 bits per heavy atom. The van der Waals surface area contributed by atoms with Crippen LogP contribution in [0.15, 0.2) is 25.6 Å². The summed E-state index contributed by atoms with van der Waals surface area (Å²) >= 11 is 6.86. The van der Waals surface area contributed by atoms with Gasteiger partial charge >= 0.3 is 0 Å². The lowest BCUT2D eigenvalue weighted by Gasteiger charge is -2.16. The number of nitrogens with two attached hydrogens (primary N) is 1. The molecule has 114 valence electrons. The number of aromatic nitrogens is 2. The second-order valence-corrected chi connectivity index (χ2v) is 6.41. The molecule has 1 heterocycles. The molecule has 1 aromatic carbocycles. The Morgan fingerprint density at radius 2 is 1.95 bits per heavy atom. The first-order chi connectivity index (χ1) is 10.0. The van der Waals surface area contributed by atoms with Crippen molar-refractivity contribution in [3.05, 3.63) is 26.9 Å². The Bertz CT molecular complexity index is 611. The molecule has 0 aliphatic rings. The quantitative estimate of drug-likeness (QED) is 0.725. The highest BCUT2D eigenvalue weighted by atomic mass is 79.9. The van der Waals surface area contributed by atoms with E-state index in [9.17, 15) is 0 Å². The summed E-state index contributed by atoms with van der Waals surface area (Å²) < 4.78 is 7.04. The molecule has 5 nitrogen and oxygen atoms in total. The van der Waals surface area contributed by atoms with Gasteiger partial charge in [-0.05, 0) is 41.2 Å². The number of hydrogen-bond acceptors (Lipinski definition) is 5. The monoisotopic (exact) mass is 416 g/mol. The van der Waals surface area contributed by atoms with E-state index >= 15 is 0 Å². The van der Waals surface area contributed by atoms with Crippen molar-refractivity contribution in [3.8, 4) is 11.5 Å². The minimum Gasteiger partial charge on any atom is -0.397 e. The third-order valence-corrected chi connectivity index (χ3v) is 4.45. The highest BCUT2D eigenvalue weighted by Gasteiger charge is 2.15. The van der Waals surface area contributed by atoms with Gasteiger partial charge in [-0.15, -0.1) is 0 Å². The molecule has 2 rings (SSSR count). The van der Waals surface area contributed by atoms with Crippen LogP contribution in [0.25, 0.3) is 11.5 Å². The maximum Gasteiger partial charge on any atom is 0.260 e. The second kappa shape index (κ2) is 7.38. The van der Waals surface area contributed by atoms with Gasteiger partial charge in [0.25, 0.3) is 5.89 Å². The molecule has 0 saturated carbocycles. The van der Waals surface area contributed by atoms with Crippen molar-refractivity contribution in [2.75, 3.05) is 25.4 Å². The fourth-order valence-electron chi connectivity index (χ4n) is 2.02. The zero-order valence-corrected chi connectivity index (χ0v) is 15.2. The Morgan fingerprint density at radius 3 is 2.62 bits per heavy atom. The van der Waals surface area contributed by atoms with Crippen molar-refractivity contribution in [1.29, 1.82) is 0 Å². The molecule has 1 aromatic heterocycles. The topological polar surface area (TPSA) is 68.2 Å². The van der Waals surface area contributed by atoms with Gasteiger partial charge in [0.1, 0.15) is 0 Å². The van der Waals surface area contributed by atoms with Crippen molar-refractivity contribution in [3.63, 3.8) is 0 Å². The zero-order valence-electron chi connectivity index (χ0n) is 12.1. The minimum atomic E-state index is 0.448. The molecular weight excluding hydrogens is 400 g/mol. The van der Waals surface area contributed by atoms with E-state index in [1.165, 1.54) is 0 Å². The molecule has 0 atom stereocenters. The van der Waals surface area contributed by atoms with Crippen LogP contribution in [0.5, 0.6) is 0 Å². The Hall–Kier alpha value is -0.920. The van der Waals surface area contributed by atoms with E-state index in [4.69, 9.17) is 10.3 Å². The van der Waals surface area contributed by atoms with Crippen molar-refractivity contribution in [2.24, 2.45) is 0 Å². The summed E-state index contributed by atoms with van der Waals surface area (Å²) in [7, 11) is 0. The maximum atomic E-state index is 6.05. The van der Waals surface area contributed by atoms with E-state index in [-0.39, 0.29) is 0 Å². The Balaban J connectivity index is 2.17. The molecule has 0 aliphatic heterocycles. The molecule has 21 heavy (non-hydrogen) atoms. The van der Waals surface area contributed by atoms with Gasteiger partial charge in [0.05, 0.1) is 11.3 Å². The molecule has 0 radical (unpaired) electrons. The maximum absolute atomic E-state index is 6.05. The van der Waals surface area contributed by atoms with E-state index in [0.717, 1.165) is 40.6 Å². The fraction of sp³-hybridized carbons (Fsp3) is 0.429. The third-order valence-electron chi connectivity index (χ3n) is 3.34. The Labute approximate surface area is 141 Å². The highest BCUT2D eigenvalue weighted by Crippen LogP contribution is 2.34. The summed E-state index contributed by atoms with van der Waals surface area (Å²) in [6, 6.07) is 3.76. The van der Waals surface area contributed by atoms with Gasteiger partial charge in [-0.3, -0.25) is 0 Å². The SMILES string of the molecule is CCN(CC)CCc1noc(-c2cc(Br)cc(Br)c2N)n1. The van der Waals surface area contributed by atoms with E-state index in [1.807, 2.05) is 12.1 Å². The number of nitrogen functional groups attached to an aromatic ring is 1. The van der Waals surface area contributed by atoms with Crippen molar-refractivity contribution >= 4 is 37.5 Å². The summed E-state index contributed by atoms with van der Waals surface area (Å²) in [5.74, 6) is 1.15. The summed E-state index contributed by atoms with van der Waals surface area (Å²) in [6.07, 6.45) is 0.764. The first-order valence-electron chi connectivity index (χ1n) is 6.85. The minimum absolute atomic E-state index is 0.448. The molecule has 0 amide bonds. The predicted molar refractivity (Wildman–Crippen MR) is 91.0 cm³/mol. The van der Waals surface area contributed by atoms with Gasteiger partial charge in [-0.2, -0.15) is 4.98 Å². The van der Waals surface area contributed by atoms with Gasteiger partial charge < -0.3 is 15.2 Å². The van der Waals surface area contributed by atoms with Gasteiger partial charge in [0, 0.05) is 21.9 Å². The normalized spacial score (nSPS) is 11.3. The lowest BCUT2D eigenvalue weighted by molar-refractivity contribution is 0.303. The van der Waals surface area contributed by atoms with E-state index in [1.54, 1.807) is 0 Å². The summed E-state index contributed by atoms with van der Waals surface area (Å²) in [4.78, 5) is 6.76. The zero-order chi connectivity index (χ0) is 15.4. The van der Waals surface area contributed by atoms with Crippen LogP contribution in [0.1, 0.15) is 19.7 Å². The highest BCUT2D eigenvalue weighted by molar-refractivity contribution is 9.11. The van der Waals surface area contributed by atoms with Crippen LogP contribution in [0.2, 0.25) is 0 Å². The van der Waals surface area contributed by atoms with Crippen LogP contribution in [0.4, 0.5) is 5.69 Å². The second-order valence-electron chi connectivity index (χ2n) is 4.64. The molecule has 0 bridgehead atoms. The van der Waals surface area contributed by atoms with Crippen molar-refractivity contribution < 1.29 is 4.52 Å². The number of likely N-dealkylation sites (N-methyl/N-ethyl adjacent to an activating group) is 1. The van der Waals surface area contributed by atoms with Crippen molar-refractivity contribution in [2.45, 2.75) is 20.3 Å². The fourth-order valence-corrected chi connectivity index (χ4v) is 3.25. The summed E-state index contributed by atoms with van der Waals surface area (Å²) in [6.45, 7) is 7.25. The molecule has 0 unspecified atom stereocenters. The molecule has 0 spiro atoms. The predicted octanol–water partition coefficient (Wildman–Crippen LogP) is 3.73. The van der Waals surface area contributed by atoms with Crippen molar-refractivity contribution in [1.82, 2.24) is 15.0 Å². The Kier molecular flexibility index (Phi) is 5.78. The largest absolute Gasteiger partial charge is 0.397 e. The van der Waals surface area contributed by atoms with Gasteiger partial charge in [0.15, 0.2) is 5.82 Å². The number of halogens is 2. The third kappa shape index (κ3) is 4.05. The molecular formula is C14H18Br2N4O. The number of hydrogen-bond donors (Lipinski definition) is 1. The molecule has 2 aromatic rings. The first kappa shape index (κ1) is 16.5. The lowest BCUT2D eigenvalue weighted by Crippen LogP contribution is -2.25.